The van der Waals surface area contributed by atoms with Crippen molar-refractivity contribution >= 4 is 5.91 Å². The van der Waals surface area contributed by atoms with Crippen LogP contribution in [0.15, 0.2) is 15.8 Å². The van der Waals surface area contributed by atoms with Gasteiger partial charge < -0.3 is 20.8 Å². The Hall–Kier alpha value is -1.93. The molecule has 0 spiro atoms. The lowest BCUT2D eigenvalue weighted by molar-refractivity contribution is -0.0161. The zero-order chi connectivity index (χ0) is 13.6. The molecule has 2 fully saturated rings. The molecule has 1 aliphatic heterocycles. The maximum absolute atomic E-state index is 11.9. The van der Waals surface area contributed by atoms with E-state index in [0.717, 1.165) is 12.6 Å². The SMILES string of the molecule is NC1C2CCOC2C1NC(=O)c1c[nH]c(=O)[nH]c1=O. The summed E-state index contributed by atoms with van der Waals surface area (Å²) < 4.78 is 5.48. The van der Waals surface area contributed by atoms with Crippen molar-refractivity contribution in [2.45, 2.75) is 24.6 Å². The molecule has 1 aromatic rings. The number of ether oxygens (including phenoxy) is 1. The topological polar surface area (TPSA) is 130 Å². The quantitative estimate of drug-likeness (QED) is 0.487. The molecule has 1 saturated heterocycles. The van der Waals surface area contributed by atoms with E-state index >= 15 is 0 Å². The summed E-state index contributed by atoms with van der Waals surface area (Å²) >= 11 is 0. The zero-order valence-electron chi connectivity index (χ0n) is 10.0. The van der Waals surface area contributed by atoms with Crippen molar-refractivity contribution in [3.8, 4) is 0 Å². The first kappa shape index (κ1) is 12.1. The second-order valence-corrected chi connectivity index (χ2v) is 4.85. The number of rotatable bonds is 2. The Balaban J connectivity index is 1.75. The van der Waals surface area contributed by atoms with Crippen LogP contribution in [-0.4, -0.2) is 40.7 Å². The van der Waals surface area contributed by atoms with Gasteiger partial charge in [-0.15, -0.1) is 0 Å². The molecule has 2 aliphatic rings. The molecule has 4 unspecified atom stereocenters. The number of fused-ring (bicyclic) bond motifs is 1. The molecule has 3 rings (SSSR count). The van der Waals surface area contributed by atoms with Crippen molar-refractivity contribution in [2.24, 2.45) is 11.7 Å². The third-order valence-electron chi connectivity index (χ3n) is 3.81. The Kier molecular flexibility index (Phi) is 2.76. The highest BCUT2D eigenvalue weighted by Crippen LogP contribution is 2.37. The van der Waals surface area contributed by atoms with Gasteiger partial charge in [-0.1, -0.05) is 0 Å². The van der Waals surface area contributed by atoms with E-state index in [1.807, 2.05) is 4.98 Å². The van der Waals surface area contributed by atoms with Crippen molar-refractivity contribution in [3.05, 3.63) is 32.6 Å². The van der Waals surface area contributed by atoms with Crippen molar-refractivity contribution in [1.82, 2.24) is 15.3 Å². The highest BCUT2D eigenvalue weighted by molar-refractivity contribution is 5.93. The van der Waals surface area contributed by atoms with E-state index in [0.29, 0.717) is 6.61 Å². The normalized spacial score (nSPS) is 32.5. The van der Waals surface area contributed by atoms with Gasteiger partial charge in [0.2, 0.25) is 0 Å². The van der Waals surface area contributed by atoms with Gasteiger partial charge in [-0.2, -0.15) is 0 Å². The summed E-state index contributed by atoms with van der Waals surface area (Å²) in [6.07, 6.45) is 1.92. The van der Waals surface area contributed by atoms with Gasteiger partial charge >= 0.3 is 5.69 Å². The fourth-order valence-electron chi connectivity index (χ4n) is 2.74. The summed E-state index contributed by atoms with van der Waals surface area (Å²) in [6.45, 7) is 0.647. The fourth-order valence-corrected chi connectivity index (χ4v) is 2.74. The summed E-state index contributed by atoms with van der Waals surface area (Å²) in [5, 5.41) is 2.68. The summed E-state index contributed by atoms with van der Waals surface area (Å²) in [6, 6.07) is -0.440. The highest BCUT2D eigenvalue weighted by Gasteiger charge is 2.52. The van der Waals surface area contributed by atoms with Crippen LogP contribution in [0.4, 0.5) is 0 Å². The first-order chi connectivity index (χ1) is 9.08. The number of aromatic amines is 2. The maximum Gasteiger partial charge on any atom is 0.325 e. The molecule has 1 amide bonds. The average Bonchev–Trinajstić information content (AvgIpc) is 2.80. The zero-order valence-corrected chi connectivity index (χ0v) is 10.0. The summed E-state index contributed by atoms with van der Waals surface area (Å²) in [7, 11) is 0. The van der Waals surface area contributed by atoms with Crippen LogP contribution in [0.2, 0.25) is 0 Å². The smallest absolute Gasteiger partial charge is 0.325 e. The largest absolute Gasteiger partial charge is 0.376 e. The molecular weight excluding hydrogens is 252 g/mol. The molecule has 8 nitrogen and oxygen atoms in total. The van der Waals surface area contributed by atoms with Gasteiger partial charge in [0.1, 0.15) is 5.56 Å². The summed E-state index contributed by atoms with van der Waals surface area (Å²) in [5.41, 5.74) is 4.44. The van der Waals surface area contributed by atoms with Crippen molar-refractivity contribution in [3.63, 3.8) is 0 Å². The van der Waals surface area contributed by atoms with Crippen LogP contribution < -0.4 is 22.3 Å². The number of carbonyl (C=O) groups is 1. The third-order valence-corrected chi connectivity index (χ3v) is 3.81. The third kappa shape index (κ3) is 1.89. The lowest BCUT2D eigenvalue weighted by Crippen LogP contribution is -2.69. The summed E-state index contributed by atoms with van der Waals surface area (Å²) in [4.78, 5) is 38.6. The highest BCUT2D eigenvalue weighted by atomic mass is 16.5. The van der Waals surface area contributed by atoms with Gasteiger partial charge in [-0.05, 0) is 6.42 Å². The first-order valence-corrected chi connectivity index (χ1v) is 6.08. The maximum atomic E-state index is 11.9. The molecule has 1 saturated carbocycles. The number of aromatic nitrogens is 2. The van der Waals surface area contributed by atoms with Gasteiger partial charge in [0.25, 0.3) is 11.5 Å². The van der Waals surface area contributed by atoms with E-state index in [9.17, 15) is 14.4 Å². The Morgan fingerprint density at radius 2 is 2.26 bits per heavy atom. The Morgan fingerprint density at radius 1 is 1.47 bits per heavy atom. The van der Waals surface area contributed by atoms with E-state index < -0.39 is 17.2 Å². The monoisotopic (exact) mass is 266 g/mol. The number of amides is 1. The number of nitrogens with one attached hydrogen (secondary N) is 3. The minimum atomic E-state index is -0.724. The van der Waals surface area contributed by atoms with E-state index in [4.69, 9.17) is 10.5 Å². The Bertz CT molecular complexity index is 622. The molecule has 5 N–H and O–H groups in total. The molecule has 19 heavy (non-hydrogen) atoms. The first-order valence-electron chi connectivity index (χ1n) is 6.08. The van der Waals surface area contributed by atoms with E-state index in [1.54, 1.807) is 0 Å². The standard InChI is InChI=1S/C11H14N4O4/c12-6-4-1-2-19-8(4)7(6)14-9(16)5-3-13-11(18)15-10(5)17/h3-4,6-8H,1-2,12H2,(H,14,16)(H2,13,15,17,18). The number of hydrogen-bond donors (Lipinski definition) is 4. The Labute approximate surface area is 107 Å². The minimum Gasteiger partial charge on any atom is -0.376 e. The van der Waals surface area contributed by atoms with Crippen LogP contribution in [-0.2, 0) is 4.74 Å². The molecule has 1 aliphatic carbocycles. The lowest BCUT2D eigenvalue weighted by atomic mass is 9.72. The van der Waals surface area contributed by atoms with E-state index in [-0.39, 0.29) is 29.7 Å². The van der Waals surface area contributed by atoms with Crippen LogP contribution >= 0.6 is 0 Å². The molecule has 8 heteroatoms. The number of carbonyl (C=O) groups excluding carboxylic acids is 1. The van der Waals surface area contributed by atoms with Gasteiger partial charge in [-0.3, -0.25) is 14.6 Å². The number of H-pyrrole nitrogens is 2. The molecule has 1 aromatic heterocycles. The van der Waals surface area contributed by atoms with Crippen LogP contribution in [0.3, 0.4) is 0 Å². The molecule has 0 bridgehead atoms. The second kappa shape index (κ2) is 4.32. The minimum absolute atomic E-state index is 0.0687. The lowest BCUT2D eigenvalue weighted by Gasteiger charge is -2.45. The molecule has 2 heterocycles. The van der Waals surface area contributed by atoms with Crippen LogP contribution in [0.25, 0.3) is 0 Å². The molecule has 102 valence electrons. The fraction of sp³-hybridized carbons (Fsp3) is 0.545. The molecule has 0 radical (unpaired) electrons. The number of hydrogen-bond acceptors (Lipinski definition) is 5. The molecule has 0 aromatic carbocycles. The van der Waals surface area contributed by atoms with Gasteiger partial charge in [-0.25, -0.2) is 4.79 Å². The van der Waals surface area contributed by atoms with Crippen LogP contribution in [0, 0.1) is 5.92 Å². The van der Waals surface area contributed by atoms with E-state index in [2.05, 4.69) is 10.3 Å². The number of nitrogens with two attached hydrogens (primary N) is 1. The predicted molar refractivity (Wildman–Crippen MR) is 64.8 cm³/mol. The van der Waals surface area contributed by atoms with Gasteiger partial charge in [0.15, 0.2) is 0 Å². The average molecular weight is 266 g/mol. The van der Waals surface area contributed by atoms with Gasteiger partial charge in [0, 0.05) is 24.8 Å². The van der Waals surface area contributed by atoms with Crippen molar-refractivity contribution in [1.29, 1.82) is 0 Å². The van der Waals surface area contributed by atoms with Crippen LogP contribution in [0.1, 0.15) is 16.8 Å². The van der Waals surface area contributed by atoms with Crippen molar-refractivity contribution in [2.75, 3.05) is 6.61 Å². The molecule has 4 atom stereocenters. The summed E-state index contributed by atoms with van der Waals surface area (Å²) in [5.74, 6) is -0.286. The second-order valence-electron chi connectivity index (χ2n) is 4.85. The predicted octanol–water partition coefficient (Wildman–Crippen LogP) is -2.09. The van der Waals surface area contributed by atoms with Crippen molar-refractivity contribution < 1.29 is 9.53 Å². The van der Waals surface area contributed by atoms with Crippen LogP contribution in [0.5, 0.6) is 0 Å². The Morgan fingerprint density at radius 3 is 3.00 bits per heavy atom. The molecular formula is C11H14N4O4. The van der Waals surface area contributed by atoms with Gasteiger partial charge in [0.05, 0.1) is 12.1 Å². The van der Waals surface area contributed by atoms with E-state index in [1.165, 1.54) is 0 Å².